The second-order valence-electron chi connectivity index (χ2n) is 6.44. The highest BCUT2D eigenvalue weighted by molar-refractivity contribution is 5.94. The summed E-state index contributed by atoms with van der Waals surface area (Å²) in [5, 5.41) is 4.04. The molecule has 0 aliphatic heterocycles. The minimum atomic E-state index is -0.114. The van der Waals surface area contributed by atoms with E-state index >= 15 is 0 Å². The average molecular weight is 336 g/mol. The third-order valence-corrected chi connectivity index (χ3v) is 4.88. The number of hydrogen-bond acceptors (Lipinski definition) is 4. The number of hydrogen-bond donors (Lipinski definition) is 2. The molecule has 128 valence electrons. The van der Waals surface area contributed by atoms with Gasteiger partial charge in [0.05, 0.1) is 17.3 Å². The van der Waals surface area contributed by atoms with Crippen LogP contribution in [0.25, 0.3) is 22.4 Å². The van der Waals surface area contributed by atoms with Crippen LogP contribution < -0.4 is 5.32 Å². The molecule has 3 aromatic rings. The zero-order valence-corrected chi connectivity index (χ0v) is 13.9. The zero-order valence-electron chi connectivity index (χ0n) is 13.9. The molecule has 1 saturated carbocycles. The van der Waals surface area contributed by atoms with Crippen molar-refractivity contribution in [2.24, 2.45) is 0 Å². The maximum atomic E-state index is 11.6. The van der Waals surface area contributed by atoms with Gasteiger partial charge < -0.3 is 14.7 Å². The van der Waals surface area contributed by atoms with Crippen LogP contribution >= 0.6 is 0 Å². The van der Waals surface area contributed by atoms with E-state index in [0.717, 1.165) is 53.7 Å². The highest BCUT2D eigenvalue weighted by atomic mass is 16.3. The molecule has 0 radical (unpaired) electrons. The fourth-order valence-electron chi connectivity index (χ4n) is 3.75. The molecular weight excluding hydrogens is 316 g/mol. The van der Waals surface area contributed by atoms with Crippen molar-refractivity contribution in [3.8, 4) is 11.3 Å². The smallest absolute Gasteiger partial charge is 0.243 e. The highest BCUT2D eigenvalue weighted by Gasteiger charge is 2.28. The van der Waals surface area contributed by atoms with Crippen LogP contribution in [-0.2, 0) is 4.79 Å². The summed E-state index contributed by atoms with van der Waals surface area (Å²) in [6, 6.07) is 3.96. The van der Waals surface area contributed by atoms with Crippen molar-refractivity contribution >= 4 is 16.9 Å². The molecule has 0 unspecified atom stereocenters. The first kappa shape index (κ1) is 15.6. The first-order chi connectivity index (χ1) is 12.3. The van der Waals surface area contributed by atoms with Gasteiger partial charge in [-0.25, -0.2) is 9.97 Å². The quantitative estimate of drug-likeness (QED) is 0.714. The van der Waals surface area contributed by atoms with Crippen LogP contribution in [0.3, 0.4) is 0 Å². The van der Waals surface area contributed by atoms with Gasteiger partial charge in [-0.05, 0) is 37.5 Å². The van der Waals surface area contributed by atoms with Gasteiger partial charge in [-0.2, -0.15) is 0 Å². The van der Waals surface area contributed by atoms with Gasteiger partial charge in [0.15, 0.2) is 0 Å². The fourth-order valence-corrected chi connectivity index (χ4v) is 3.75. The Morgan fingerprint density at radius 3 is 3.12 bits per heavy atom. The monoisotopic (exact) mass is 336 g/mol. The number of rotatable bonds is 4. The number of carbonyl (C=O) groups excluding carboxylic acids is 1. The Hall–Kier alpha value is -2.89. The number of aromatic amines is 1. The number of carbonyl (C=O) groups is 1. The van der Waals surface area contributed by atoms with E-state index in [0.29, 0.717) is 0 Å². The van der Waals surface area contributed by atoms with E-state index in [1.807, 2.05) is 18.3 Å². The molecule has 0 spiro atoms. The van der Waals surface area contributed by atoms with Crippen molar-refractivity contribution in [2.75, 3.05) is 0 Å². The predicted molar refractivity (Wildman–Crippen MR) is 94.9 cm³/mol. The molecule has 3 heterocycles. The van der Waals surface area contributed by atoms with E-state index in [1.165, 1.54) is 6.08 Å². The maximum Gasteiger partial charge on any atom is 0.243 e. The molecule has 1 fully saturated rings. The van der Waals surface area contributed by atoms with Crippen LogP contribution in [0, 0.1) is 0 Å². The van der Waals surface area contributed by atoms with E-state index in [4.69, 9.17) is 4.42 Å². The number of aromatic nitrogens is 3. The number of amides is 1. The summed E-state index contributed by atoms with van der Waals surface area (Å²) in [5.41, 5.74) is 2.82. The number of fused-ring (bicyclic) bond motifs is 1. The van der Waals surface area contributed by atoms with Crippen LogP contribution in [0.1, 0.15) is 37.3 Å². The lowest BCUT2D eigenvalue weighted by molar-refractivity contribution is -0.117. The Labute approximate surface area is 145 Å². The molecule has 25 heavy (non-hydrogen) atoms. The minimum Gasteiger partial charge on any atom is -0.464 e. The van der Waals surface area contributed by atoms with Crippen molar-refractivity contribution in [2.45, 2.75) is 37.6 Å². The van der Waals surface area contributed by atoms with Gasteiger partial charge in [0.25, 0.3) is 0 Å². The Balaban J connectivity index is 1.70. The van der Waals surface area contributed by atoms with Gasteiger partial charge in [-0.1, -0.05) is 13.0 Å². The van der Waals surface area contributed by atoms with E-state index in [-0.39, 0.29) is 17.9 Å². The molecule has 1 amide bonds. The number of nitrogens with zero attached hydrogens (tertiary/aromatic N) is 2. The molecule has 0 saturated heterocycles. The fraction of sp³-hybridized carbons (Fsp3) is 0.316. The van der Waals surface area contributed by atoms with Gasteiger partial charge >= 0.3 is 0 Å². The highest BCUT2D eigenvalue weighted by Crippen LogP contribution is 2.38. The standard InChI is InChI=1S/C19H20N4O2/c1-2-16(24)23-13-6-3-5-12(9-13)18-17-14(15-7-4-8-25-15)10-20-19(17)22-11-21-18/h2,4,7-8,10-13H,1,3,5-6,9H2,(H,23,24)(H,20,21,22)/t12-,13+/m1/s1. The van der Waals surface area contributed by atoms with E-state index in [2.05, 4.69) is 26.8 Å². The second-order valence-corrected chi connectivity index (χ2v) is 6.44. The maximum absolute atomic E-state index is 11.6. The number of H-pyrrole nitrogens is 1. The average Bonchev–Trinajstić information content (AvgIpc) is 3.30. The lowest BCUT2D eigenvalue weighted by Crippen LogP contribution is -2.37. The first-order valence-electron chi connectivity index (χ1n) is 8.55. The van der Waals surface area contributed by atoms with Crippen molar-refractivity contribution in [3.63, 3.8) is 0 Å². The Morgan fingerprint density at radius 1 is 1.40 bits per heavy atom. The summed E-state index contributed by atoms with van der Waals surface area (Å²) in [4.78, 5) is 23.8. The van der Waals surface area contributed by atoms with Crippen LogP contribution in [-0.4, -0.2) is 26.9 Å². The molecule has 4 rings (SSSR count). The summed E-state index contributed by atoms with van der Waals surface area (Å²) in [7, 11) is 0. The van der Waals surface area contributed by atoms with Gasteiger partial charge in [0.1, 0.15) is 17.7 Å². The van der Waals surface area contributed by atoms with Crippen molar-refractivity contribution in [3.05, 3.63) is 49.3 Å². The summed E-state index contributed by atoms with van der Waals surface area (Å²) in [6.45, 7) is 3.53. The molecule has 3 aromatic heterocycles. The van der Waals surface area contributed by atoms with Gasteiger partial charge in [0.2, 0.25) is 5.91 Å². The third kappa shape index (κ3) is 2.95. The molecule has 2 N–H and O–H groups in total. The molecule has 6 nitrogen and oxygen atoms in total. The van der Waals surface area contributed by atoms with E-state index < -0.39 is 0 Å². The van der Waals surface area contributed by atoms with Gasteiger partial charge in [-0.3, -0.25) is 4.79 Å². The lowest BCUT2D eigenvalue weighted by atomic mass is 9.82. The van der Waals surface area contributed by atoms with Gasteiger partial charge in [0, 0.05) is 23.7 Å². The summed E-state index contributed by atoms with van der Waals surface area (Å²) in [5.74, 6) is 0.963. The van der Waals surface area contributed by atoms with E-state index in [9.17, 15) is 4.79 Å². The number of furan rings is 1. The largest absolute Gasteiger partial charge is 0.464 e. The number of nitrogens with one attached hydrogen (secondary N) is 2. The van der Waals surface area contributed by atoms with Crippen molar-refractivity contribution in [1.82, 2.24) is 20.3 Å². The van der Waals surface area contributed by atoms with E-state index in [1.54, 1.807) is 12.6 Å². The summed E-state index contributed by atoms with van der Waals surface area (Å²) in [6.07, 6.45) is 10.5. The molecular formula is C19H20N4O2. The third-order valence-electron chi connectivity index (χ3n) is 4.88. The van der Waals surface area contributed by atoms with Crippen LogP contribution in [0.5, 0.6) is 0 Å². The first-order valence-corrected chi connectivity index (χ1v) is 8.55. The topological polar surface area (TPSA) is 83.8 Å². The van der Waals surface area contributed by atoms with Gasteiger partial charge in [-0.15, -0.1) is 0 Å². The van der Waals surface area contributed by atoms with Crippen molar-refractivity contribution < 1.29 is 9.21 Å². The zero-order chi connectivity index (χ0) is 17.2. The summed E-state index contributed by atoms with van der Waals surface area (Å²) >= 11 is 0. The molecule has 6 heteroatoms. The predicted octanol–water partition coefficient (Wildman–Crippen LogP) is 3.55. The van der Waals surface area contributed by atoms with Crippen molar-refractivity contribution in [1.29, 1.82) is 0 Å². The molecule has 0 bridgehead atoms. The molecule has 1 aliphatic carbocycles. The second kappa shape index (κ2) is 6.55. The lowest BCUT2D eigenvalue weighted by Gasteiger charge is -2.29. The normalized spacial score (nSPS) is 20.5. The molecule has 2 atom stereocenters. The Bertz CT molecular complexity index is 897. The SMILES string of the molecule is C=CC(=O)N[C@H]1CCC[C@@H](c2ncnc3[nH]cc(-c4ccco4)c23)C1. The Morgan fingerprint density at radius 2 is 2.32 bits per heavy atom. The molecule has 1 aliphatic rings. The summed E-state index contributed by atoms with van der Waals surface area (Å²) < 4.78 is 5.57. The molecule has 0 aromatic carbocycles. The van der Waals surface area contributed by atoms with Crippen LogP contribution in [0.2, 0.25) is 0 Å². The van der Waals surface area contributed by atoms with Crippen LogP contribution in [0.4, 0.5) is 0 Å². The minimum absolute atomic E-state index is 0.114. The Kier molecular flexibility index (Phi) is 4.09. The van der Waals surface area contributed by atoms with Crippen LogP contribution in [0.15, 0.2) is 48.0 Å².